The van der Waals surface area contributed by atoms with Crippen molar-refractivity contribution in [2.24, 2.45) is 0 Å². The van der Waals surface area contributed by atoms with Gasteiger partial charge in [-0.3, -0.25) is 0 Å². The maximum atomic E-state index is 2.27. The van der Waals surface area contributed by atoms with Gasteiger partial charge in [0, 0.05) is 9.52 Å². The Hall–Kier alpha value is -0.933. The van der Waals surface area contributed by atoms with Gasteiger partial charge in [-0.15, -0.1) is 34.5 Å². The monoisotopic (exact) mass is 592 g/mol. The second-order valence-corrected chi connectivity index (χ2v) is 7.21. The number of fused-ring (bicyclic) bond motifs is 1. The van der Waals surface area contributed by atoms with Crippen molar-refractivity contribution < 1.29 is 50.7 Å². The first-order valence-corrected chi connectivity index (χ1v) is 10.6. The molecule has 28 heavy (non-hydrogen) atoms. The fourth-order valence-corrected chi connectivity index (χ4v) is 2.78. The molecule has 0 amide bonds. The summed E-state index contributed by atoms with van der Waals surface area (Å²) in [4.78, 5) is 0. The van der Waals surface area contributed by atoms with E-state index < -0.39 is 0 Å². The Bertz CT molecular complexity index is 812. The molecule has 0 unspecified atom stereocenters. The van der Waals surface area contributed by atoms with Gasteiger partial charge in [-0.25, -0.2) is 12.1 Å². The number of hydrogen-bond donors (Lipinski definition) is 0. The van der Waals surface area contributed by atoms with E-state index in [1.165, 1.54) is 33.0 Å². The first kappa shape index (κ1) is 29.3. The van der Waals surface area contributed by atoms with E-state index in [4.69, 9.17) is 0 Å². The van der Waals surface area contributed by atoms with Gasteiger partial charge in [0.25, 0.3) is 0 Å². The van der Waals surface area contributed by atoms with Crippen LogP contribution >= 0.6 is 0 Å². The zero-order valence-electron chi connectivity index (χ0n) is 16.8. The molecular formula is C24H26Cl2HfSi. The van der Waals surface area contributed by atoms with Crippen LogP contribution in [0.15, 0.2) is 84.9 Å². The van der Waals surface area contributed by atoms with E-state index in [0.717, 1.165) is 9.52 Å². The number of rotatable bonds is 1. The van der Waals surface area contributed by atoms with E-state index in [9.17, 15) is 0 Å². The van der Waals surface area contributed by atoms with E-state index >= 15 is 0 Å². The molecule has 0 aromatic heterocycles. The van der Waals surface area contributed by atoms with Crippen LogP contribution in [0.5, 0.6) is 0 Å². The average molecular weight is 592 g/mol. The van der Waals surface area contributed by atoms with Crippen molar-refractivity contribution in [1.29, 1.82) is 0 Å². The summed E-state index contributed by atoms with van der Waals surface area (Å²) < 4.78 is 0. The third-order valence-electron chi connectivity index (χ3n) is 3.73. The molecule has 0 aliphatic rings. The predicted octanol–water partition coefficient (Wildman–Crippen LogP) is 1.04. The molecule has 0 bridgehead atoms. The normalized spacial score (nSPS) is 8.71. The predicted molar refractivity (Wildman–Crippen MR) is 114 cm³/mol. The van der Waals surface area contributed by atoms with Crippen LogP contribution in [0.3, 0.4) is 0 Å². The fourth-order valence-electron chi connectivity index (χ4n) is 2.78. The van der Waals surface area contributed by atoms with Gasteiger partial charge < -0.3 is 24.8 Å². The largest absolute Gasteiger partial charge is 4.00 e. The van der Waals surface area contributed by atoms with E-state index in [2.05, 4.69) is 81.5 Å². The molecule has 4 aromatic carbocycles. The molecule has 4 aromatic rings. The van der Waals surface area contributed by atoms with Crippen molar-refractivity contribution >= 4 is 20.3 Å². The average Bonchev–Trinajstić information content (AvgIpc) is 3.27. The van der Waals surface area contributed by atoms with Crippen LogP contribution in [0.25, 0.3) is 21.9 Å². The molecule has 0 atom stereocenters. The van der Waals surface area contributed by atoms with Crippen LogP contribution in [-0.4, -0.2) is 9.52 Å². The first-order valence-electron chi connectivity index (χ1n) is 8.63. The Morgan fingerprint density at radius 3 is 1.75 bits per heavy atom. The molecule has 0 saturated carbocycles. The summed E-state index contributed by atoms with van der Waals surface area (Å²) in [7, 11) is 1.08. The molecule has 4 heteroatoms. The Morgan fingerprint density at radius 1 is 0.750 bits per heavy atom. The number of halogens is 2. The van der Waals surface area contributed by atoms with E-state index in [1.54, 1.807) is 0 Å². The number of hydrogen-bond acceptors (Lipinski definition) is 0. The smallest absolute Gasteiger partial charge is 1.00 e. The first-order chi connectivity index (χ1) is 12.1. The molecule has 144 valence electrons. The summed E-state index contributed by atoms with van der Waals surface area (Å²) in [5.41, 5.74) is 5.28. The van der Waals surface area contributed by atoms with Crippen molar-refractivity contribution in [2.45, 2.75) is 26.9 Å². The second-order valence-electron chi connectivity index (χ2n) is 6.21. The maximum absolute atomic E-state index is 2.27. The summed E-state index contributed by atoms with van der Waals surface area (Å²) in [5, 5.41) is 2.64. The summed E-state index contributed by atoms with van der Waals surface area (Å²) >= 11 is 0. The fraction of sp³-hybridized carbons (Fsp3) is 0.167. The summed E-state index contributed by atoms with van der Waals surface area (Å²) in [6.07, 6.45) is 0. The number of benzene rings is 2. The third kappa shape index (κ3) is 9.51. The van der Waals surface area contributed by atoms with Crippen LogP contribution in [0.1, 0.15) is 11.1 Å². The van der Waals surface area contributed by atoms with Gasteiger partial charge in [-0.1, -0.05) is 66.2 Å². The van der Waals surface area contributed by atoms with Gasteiger partial charge >= 0.3 is 25.8 Å². The Kier molecular flexibility index (Phi) is 16.7. The van der Waals surface area contributed by atoms with Crippen LogP contribution in [0, 0.1) is 13.8 Å². The zero-order chi connectivity index (χ0) is 18.1. The molecule has 0 saturated heterocycles. The second kappa shape index (κ2) is 15.9. The van der Waals surface area contributed by atoms with E-state index in [0.29, 0.717) is 0 Å². The van der Waals surface area contributed by atoms with Crippen molar-refractivity contribution in [3.8, 4) is 11.1 Å². The van der Waals surface area contributed by atoms with Crippen LogP contribution in [0.4, 0.5) is 0 Å². The third-order valence-corrected chi connectivity index (χ3v) is 3.73. The van der Waals surface area contributed by atoms with Gasteiger partial charge in [0.15, 0.2) is 0 Å². The molecule has 0 spiro atoms. The molecule has 0 nitrogen and oxygen atoms in total. The molecule has 0 N–H and O–H groups in total. The molecule has 0 heterocycles. The van der Waals surface area contributed by atoms with Gasteiger partial charge in [-0.2, -0.15) is 18.2 Å². The van der Waals surface area contributed by atoms with Crippen molar-refractivity contribution in [3.63, 3.8) is 0 Å². The summed E-state index contributed by atoms with van der Waals surface area (Å²) in [5.74, 6) is 0. The minimum Gasteiger partial charge on any atom is -1.00 e. The maximum Gasteiger partial charge on any atom is 4.00 e. The topological polar surface area (TPSA) is 0 Å². The van der Waals surface area contributed by atoms with Crippen LogP contribution < -0.4 is 24.8 Å². The Labute approximate surface area is 203 Å². The Balaban J connectivity index is 0. The van der Waals surface area contributed by atoms with Crippen molar-refractivity contribution in [2.75, 3.05) is 0 Å². The summed E-state index contributed by atoms with van der Waals surface area (Å²) in [6.45, 7) is 8.61. The molecule has 4 rings (SSSR count). The zero-order valence-corrected chi connectivity index (χ0v) is 22.9. The molecule has 0 aliphatic carbocycles. The SMILES string of the molecule is C[Si]C.Cc1cc(C)cc(-c2cc3ccccc3[cH-]2)c1.[Cl-].[Cl-].[Hf+4].c1cc[cH-]c1. The molecule has 0 fully saturated rings. The van der Waals surface area contributed by atoms with Crippen LogP contribution in [0.2, 0.25) is 13.1 Å². The van der Waals surface area contributed by atoms with Gasteiger partial charge in [0.05, 0.1) is 0 Å². The quantitative estimate of drug-likeness (QED) is 0.229. The Morgan fingerprint density at radius 2 is 1.29 bits per heavy atom. The van der Waals surface area contributed by atoms with Crippen molar-refractivity contribution in [1.82, 2.24) is 0 Å². The van der Waals surface area contributed by atoms with Crippen molar-refractivity contribution in [3.05, 3.63) is 96.1 Å². The van der Waals surface area contributed by atoms with E-state index in [-0.39, 0.29) is 50.7 Å². The minimum absolute atomic E-state index is 0. The molecule has 0 aliphatic heterocycles. The van der Waals surface area contributed by atoms with Crippen LogP contribution in [-0.2, 0) is 25.8 Å². The van der Waals surface area contributed by atoms with Gasteiger partial charge in [0.2, 0.25) is 0 Å². The standard InChI is InChI=1S/C17H15.C5H5.C2H6Si.2ClH.Hf/c1-12-7-13(2)9-16(8-12)17-10-14-5-3-4-6-15(14)11-17;1-2-4-5-3-1;1-3-2;;;/h3-11H,1-2H3;1-5H;1-2H3;2*1H;/q2*-1;;;;+4/p-2. The molecule has 2 radical (unpaired) electrons. The number of aryl methyl sites for hydroxylation is 2. The van der Waals surface area contributed by atoms with Gasteiger partial charge in [-0.05, 0) is 13.8 Å². The summed E-state index contributed by atoms with van der Waals surface area (Å²) in [6, 6.07) is 29.8. The van der Waals surface area contributed by atoms with E-state index in [1.807, 2.05) is 30.3 Å². The minimum atomic E-state index is 0. The van der Waals surface area contributed by atoms with Gasteiger partial charge in [0.1, 0.15) is 0 Å². The molecular weight excluding hydrogens is 566 g/mol.